The van der Waals surface area contributed by atoms with Crippen molar-refractivity contribution in [1.82, 2.24) is 4.90 Å². The second-order valence-electron chi connectivity index (χ2n) is 5.84. The number of hydrogen-bond acceptors (Lipinski definition) is 4. The lowest BCUT2D eigenvalue weighted by molar-refractivity contribution is 0.187. The summed E-state index contributed by atoms with van der Waals surface area (Å²) in [7, 11) is 0. The molecule has 1 aromatic carbocycles. The van der Waals surface area contributed by atoms with E-state index in [1.807, 2.05) is 18.2 Å². The van der Waals surface area contributed by atoms with Gasteiger partial charge < -0.3 is 10.6 Å². The van der Waals surface area contributed by atoms with Crippen LogP contribution in [0.4, 0.5) is 11.4 Å². The van der Waals surface area contributed by atoms with Crippen LogP contribution < -0.4 is 10.6 Å². The Hall–Kier alpha value is -1.73. The molecule has 1 aliphatic carbocycles. The summed E-state index contributed by atoms with van der Waals surface area (Å²) in [6.07, 6.45) is 5.56. The first-order valence-corrected chi connectivity index (χ1v) is 7.56. The Labute approximate surface area is 120 Å². The molecule has 4 heteroatoms. The standard InChI is InChI=1S/C16H22N4/c17-12-13-5-6-15(11-16(13)18)20-9-7-19(8-10-20)14-3-1-2-4-14/h5-6,11,14H,1-4,7-10,18H2. The maximum atomic E-state index is 8.93. The molecule has 2 aliphatic rings. The van der Waals surface area contributed by atoms with Crippen LogP contribution in [0, 0.1) is 11.3 Å². The molecule has 0 atom stereocenters. The monoisotopic (exact) mass is 270 g/mol. The molecule has 4 nitrogen and oxygen atoms in total. The van der Waals surface area contributed by atoms with Crippen LogP contribution in [0.3, 0.4) is 0 Å². The minimum absolute atomic E-state index is 0.568. The zero-order valence-corrected chi connectivity index (χ0v) is 11.9. The molecule has 0 unspecified atom stereocenters. The van der Waals surface area contributed by atoms with E-state index in [1.165, 1.54) is 25.7 Å². The van der Waals surface area contributed by atoms with Crippen LogP contribution in [0.25, 0.3) is 0 Å². The topological polar surface area (TPSA) is 56.3 Å². The van der Waals surface area contributed by atoms with Gasteiger partial charge in [-0.2, -0.15) is 5.26 Å². The first-order chi connectivity index (χ1) is 9.78. The Morgan fingerprint density at radius 2 is 1.80 bits per heavy atom. The highest BCUT2D eigenvalue weighted by Gasteiger charge is 2.26. The highest BCUT2D eigenvalue weighted by atomic mass is 15.3. The molecule has 3 rings (SSSR count). The summed E-state index contributed by atoms with van der Waals surface area (Å²) in [5, 5.41) is 8.93. The van der Waals surface area contributed by atoms with E-state index >= 15 is 0 Å². The maximum Gasteiger partial charge on any atom is 0.101 e. The number of nitrogens with two attached hydrogens (primary N) is 1. The van der Waals surface area contributed by atoms with Crippen molar-refractivity contribution in [2.45, 2.75) is 31.7 Å². The van der Waals surface area contributed by atoms with Gasteiger partial charge in [-0.3, -0.25) is 4.90 Å². The van der Waals surface area contributed by atoms with E-state index in [1.54, 1.807) is 0 Å². The first kappa shape index (κ1) is 13.3. The zero-order chi connectivity index (χ0) is 13.9. The summed E-state index contributed by atoms with van der Waals surface area (Å²) in [5.74, 6) is 0. The lowest BCUT2D eigenvalue weighted by Gasteiger charge is -2.39. The Morgan fingerprint density at radius 1 is 1.10 bits per heavy atom. The Balaban J connectivity index is 1.63. The van der Waals surface area contributed by atoms with Gasteiger partial charge >= 0.3 is 0 Å². The summed E-state index contributed by atoms with van der Waals surface area (Å²) in [4.78, 5) is 5.03. The minimum atomic E-state index is 0.568. The highest BCUT2D eigenvalue weighted by molar-refractivity contribution is 5.63. The lowest BCUT2D eigenvalue weighted by Crippen LogP contribution is -2.49. The summed E-state index contributed by atoms with van der Waals surface area (Å²) in [5.41, 5.74) is 8.21. The number of nitrogens with zero attached hydrogens (tertiary/aromatic N) is 3. The van der Waals surface area contributed by atoms with Crippen molar-refractivity contribution in [3.8, 4) is 6.07 Å². The minimum Gasteiger partial charge on any atom is -0.398 e. The van der Waals surface area contributed by atoms with Crippen LogP contribution in [0.5, 0.6) is 0 Å². The van der Waals surface area contributed by atoms with Gasteiger partial charge in [0.05, 0.1) is 11.3 Å². The highest BCUT2D eigenvalue weighted by Crippen LogP contribution is 2.26. The van der Waals surface area contributed by atoms with Crippen molar-refractivity contribution in [2.75, 3.05) is 36.8 Å². The van der Waals surface area contributed by atoms with Crippen molar-refractivity contribution in [1.29, 1.82) is 5.26 Å². The van der Waals surface area contributed by atoms with Crippen LogP contribution in [-0.4, -0.2) is 37.1 Å². The van der Waals surface area contributed by atoms with Crippen molar-refractivity contribution < 1.29 is 0 Å². The number of hydrogen-bond donors (Lipinski definition) is 1. The van der Waals surface area contributed by atoms with E-state index < -0.39 is 0 Å². The van der Waals surface area contributed by atoms with E-state index in [0.717, 1.165) is 37.9 Å². The number of benzene rings is 1. The fourth-order valence-corrected chi connectivity index (χ4v) is 3.46. The van der Waals surface area contributed by atoms with Crippen LogP contribution >= 0.6 is 0 Å². The summed E-state index contributed by atoms with van der Waals surface area (Å²) >= 11 is 0. The van der Waals surface area contributed by atoms with Gasteiger partial charge in [0.1, 0.15) is 6.07 Å². The van der Waals surface area contributed by atoms with Gasteiger partial charge in [-0.15, -0.1) is 0 Å². The van der Waals surface area contributed by atoms with Crippen molar-refractivity contribution in [2.24, 2.45) is 0 Å². The molecule has 0 aromatic heterocycles. The van der Waals surface area contributed by atoms with E-state index in [9.17, 15) is 0 Å². The molecule has 0 amide bonds. The average Bonchev–Trinajstić information content (AvgIpc) is 3.01. The molecule has 1 saturated heterocycles. The molecule has 0 spiro atoms. The van der Waals surface area contributed by atoms with Gasteiger partial charge in [-0.25, -0.2) is 0 Å². The smallest absolute Gasteiger partial charge is 0.101 e. The van der Waals surface area contributed by atoms with Gasteiger partial charge in [0.15, 0.2) is 0 Å². The molecule has 2 N–H and O–H groups in total. The van der Waals surface area contributed by atoms with E-state index in [2.05, 4.69) is 15.9 Å². The van der Waals surface area contributed by atoms with Gasteiger partial charge in [0.25, 0.3) is 0 Å². The molecule has 106 valence electrons. The summed E-state index contributed by atoms with van der Waals surface area (Å²) < 4.78 is 0. The molecule has 1 aliphatic heterocycles. The van der Waals surface area contributed by atoms with Crippen LogP contribution in [0.1, 0.15) is 31.2 Å². The number of anilines is 2. The lowest BCUT2D eigenvalue weighted by atomic mass is 10.1. The quantitative estimate of drug-likeness (QED) is 0.837. The van der Waals surface area contributed by atoms with Crippen molar-refractivity contribution >= 4 is 11.4 Å². The number of nitriles is 1. The molecule has 1 aromatic rings. The maximum absolute atomic E-state index is 8.93. The Morgan fingerprint density at radius 3 is 2.40 bits per heavy atom. The average molecular weight is 270 g/mol. The van der Waals surface area contributed by atoms with Crippen LogP contribution in [0.2, 0.25) is 0 Å². The molecule has 1 saturated carbocycles. The Kier molecular flexibility index (Phi) is 3.79. The third-order valence-electron chi connectivity index (χ3n) is 4.68. The molecule has 1 heterocycles. The fourth-order valence-electron chi connectivity index (χ4n) is 3.46. The number of rotatable bonds is 2. The van der Waals surface area contributed by atoms with Gasteiger partial charge in [-0.05, 0) is 31.0 Å². The van der Waals surface area contributed by atoms with Crippen molar-refractivity contribution in [3.63, 3.8) is 0 Å². The van der Waals surface area contributed by atoms with E-state index in [4.69, 9.17) is 11.0 Å². The predicted octanol–water partition coefficient (Wildman–Crippen LogP) is 2.21. The zero-order valence-electron chi connectivity index (χ0n) is 11.9. The van der Waals surface area contributed by atoms with E-state index in [0.29, 0.717) is 11.3 Å². The normalized spacial score (nSPS) is 21.1. The van der Waals surface area contributed by atoms with Gasteiger partial charge in [-0.1, -0.05) is 12.8 Å². The third kappa shape index (κ3) is 2.59. The fraction of sp³-hybridized carbons (Fsp3) is 0.562. The third-order valence-corrected chi connectivity index (χ3v) is 4.68. The Bertz CT molecular complexity index is 506. The van der Waals surface area contributed by atoms with Crippen LogP contribution in [0.15, 0.2) is 18.2 Å². The molecule has 0 bridgehead atoms. The number of piperazine rings is 1. The van der Waals surface area contributed by atoms with Crippen molar-refractivity contribution in [3.05, 3.63) is 23.8 Å². The second kappa shape index (κ2) is 5.72. The largest absolute Gasteiger partial charge is 0.398 e. The predicted molar refractivity (Wildman–Crippen MR) is 81.6 cm³/mol. The van der Waals surface area contributed by atoms with Gasteiger partial charge in [0.2, 0.25) is 0 Å². The molecular weight excluding hydrogens is 248 g/mol. The molecule has 2 fully saturated rings. The van der Waals surface area contributed by atoms with E-state index in [-0.39, 0.29) is 0 Å². The molecule has 20 heavy (non-hydrogen) atoms. The number of nitrogen functional groups attached to an aromatic ring is 1. The molecule has 0 radical (unpaired) electrons. The first-order valence-electron chi connectivity index (χ1n) is 7.56. The second-order valence-corrected chi connectivity index (χ2v) is 5.84. The van der Waals surface area contributed by atoms with Crippen LogP contribution in [-0.2, 0) is 0 Å². The summed E-state index contributed by atoms with van der Waals surface area (Å²) in [6, 6.07) is 8.72. The molecular formula is C16H22N4. The summed E-state index contributed by atoms with van der Waals surface area (Å²) in [6.45, 7) is 4.40. The SMILES string of the molecule is N#Cc1ccc(N2CCN(C3CCCC3)CC2)cc1N. The van der Waals surface area contributed by atoms with Gasteiger partial charge in [0, 0.05) is 37.9 Å².